The van der Waals surface area contributed by atoms with E-state index >= 15 is 0 Å². The predicted octanol–water partition coefficient (Wildman–Crippen LogP) is 3.52. The summed E-state index contributed by atoms with van der Waals surface area (Å²) in [4.78, 5) is 16.6. The van der Waals surface area contributed by atoms with Crippen LogP contribution in [0.15, 0.2) is 48.8 Å². The second-order valence-corrected chi connectivity index (χ2v) is 5.82. The second-order valence-electron chi connectivity index (χ2n) is 5.38. The van der Waals surface area contributed by atoms with E-state index < -0.39 is 0 Å². The lowest BCUT2D eigenvalue weighted by Crippen LogP contribution is -2.25. The molecule has 24 heavy (non-hydrogen) atoms. The van der Waals surface area contributed by atoms with Crippen molar-refractivity contribution >= 4 is 28.5 Å². The number of aryl methyl sites for hydroxylation is 1. The summed E-state index contributed by atoms with van der Waals surface area (Å²) in [5.41, 5.74) is 2.52. The van der Waals surface area contributed by atoms with Gasteiger partial charge in [0, 0.05) is 18.1 Å². The van der Waals surface area contributed by atoms with Crippen LogP contribution in [-0.2, 0) is 6.54 Å². The SMILES string of the molecule is COc1ccc(Cl)cc1C(=O)NCCCn1cnc2ccccc21. The molecule has 0 bridgehead atoms. The summed E-state index contributed by atoms with van der Waals surface area (Å²) < 4.78 is 7.29. The number of rotatable bonds is 6. The first-order chi connectivity index (χ1) is 11.7. The van der Waals surface area contributed by atoms with Crippen molar-refractivity contribution in [3.05, 3.63) is 59.4 Å². The molecular weight excluding hydrogens is 326 g/mol. The van der Waals surface area contributed by atoms with Gasteiger partial charge in [0.15, 0.2) is 0 Å². The molecule has 6 heteroatoms. The summed E-state index contributed by atoms with van der Waals surface area (Å²) in [5.74, 6) is 0.322. The summed E-state index contributed by atoms with van der Waals surface area (Å²) >= 11 is 5.96. The van der Waals surface area contributed by atoms with Crippen molar-refractivity contribution < 1.29 is 9.53 Å². The number of aromatic nitrogens is 2. The molecule has 0 unspecified atom stereocenters. The Bertz CT molecular complexity index is 860. The van der Waals surface area contributed by atoms with Gasteiger partial charge in [0.05, 0.1) is 30.0 Å². The van der Waals surface area contributed by atoms with Crippen LogP contribution in [0, 0.1) is 0 Å². The maximum atomic E-state index is 12.3. The molecule has 0 fully saturated rings. The number of nitrogens with one attached hydrogen (secondary N) is 1. The van der Waals surface area contributed by atoms with Crippen LogP contribution in [0.4, 0.5) is 0 Å². The fourth-order valence-electron chi connectivity index (χ4n) is 2.59. The molecule has 0 aliphatic carbocycles. The number of methoxy groups -OCH3 is 1. The number of halogens is 1. The standard InChI is InChI=1S/C18H18ClN3O2/c1-24-17-8-7-13(19)11-14(17)18(23)20-9-4-10-22-12-21-15-5-2-3-6-16(15)22/h2-3,5-8,11-12H,4,9-10H2,1H3,(H,20,23). The Hall–Kier alpha value is -2.53. The summed E-state index contributed by atoms with van der Waals surface area (Å²) in [6.45, 7) is 1.34. The molecule has 0 saturated carbocycles. The van der Waals surface area contributed by atoms with Gasteiger partial charge in [-0.25, -0.2) is 4.98 Å². The average Bonchev–Trinajstić information content (AvgIpc) is 3.01. The normalized spacial score (nSPS) is 10.8. The van der Waals surface area contributed by atoms with E-state index in [0.29, 0.717) is 22.9 Å². The summed E-state index contributed by atoms with van der Waals surface area (Å²) in [6, 6.07) is 13.0. The Kier molecular flexibility index (Phi) is 5.01. The minimum absolute atomic E-state index is 0.190. The molecule has 2 aromatic carbocycles. The molecular formula is C18H18ClN3O2. The van der Waals surface area contributed by atoms with Crippen LogP contribution >= 0.6 is 11.6 Å². The first kappa shape index (κ1) is 16.3. The van der Waals surface area contributed by atoms with E-state index in [1.54, 1.807) is 18.2 Å². The quantitative estimate of drug-likeness (QED) is 0.697. The monoisotopic (exact) mass is 343 g/mol. The maximum Gasteiger partial charge on any atom is 0.255 e. The zero-order valence-corrected chi connectivity index (χ0v) is 14.1. The maximum absolute atomic E-state index is 12.3. The number of benzene rings is 2. The van der Waals surface area contributed by atoms with Gasteiger partial charge >= 0.3 is 0 Å². The molecule has 0 spiro atoms. The van der Waals surface area contributed by atoms with Gasteiger partial charge in [0.2, 0.25) is 0 Å². The fraction of sp³-hybridized carbons (Fsp3) is 0.222. The van der Waals surface area contributed by atoms with Gasteiger partial charge in [0.1, 0.15) is 5.75 Å². The lowest BCUT2D eigenvalue weighted by atomic mass is 10.2. The van der Waals surface area contributed by atoms with Gasteiger partial charge in [-0.3, -0.25) is 4.79 Å². The van der Waals surface area contributed by atoms with Crippen LogP contribution in [-0.4, -0.2) is 29.1 Å². The van der Waals surface area contributed by atoms with Crippen LogP contribution in [0.1, 0.15) is 16.8 Å². The Morgan fingerprint density at radius 1 is 1.29 bits per heavy atom. The predicted molar refractivity (Wildman–Crippen MR) is 94.7 cm³/mol. The van der Waals surface area contributed by atoms with E-state index in [2.05, 4.69) is 14.9 Å². The first-order valence-electron chi connectivity index (χ1n) is 7.70. The number of imidazole rings is 1. The fourth-order valence-corrected chi connectivity index (χ4v) is 2.76. The molecule has 124 valence electrons. The molecule has 1 N–H and O–H groups in total. The smallest absolute Gasteiger partial charge is 0.255 e. The third-order valence-electron chi connectivity index (χ3n) is 3.79. The molecule has 0 aliphatic heterocycles. The van der Waals surface area contributed by atoms with Crippen molar-refractivity contribution in [3.8, 4) is 5.75 Å². The van der Waals surface area contributed by atoms with Gasteiger partial charge in [0.25, 0.3) is 5.91 Å². The van der Waals surface area contributed by atoms with Crippen molar-refractivity contribution in [2.75, 3.05) is 13.7 Å². The highest BCUT2D eigenvalue weighted by Gasteiger charge is 2.12. The number of hydrogen-bond acceptors (Lipinski definition) is 3. The van der Waals surface area contributed by atoms with E-state index in [9.17, 15) is 4.79 Å². The van der Waals surface area contributed by atoms with Gasteiger partial charge in [-0.05, 0) is 36.8 Å². The van der Waals surface area contributed by atoms with Gasteiger partial charge < -0.3 is 14.6 Å². The number of hydrogen-bond donors (Lipinski definition) is 1. The number of fused-ring (bicyclic) bond motifs is 1. The van der Waals surface area contributed by atoms with E-state index in [1.165, 1.54) is 7.11 Å². The van der Waals surface area contributed by atoms with E-state index in [4.69, 9.17) is 16.3 Å². The van der Waals surface area contributed by atoms with E-state index in [0.717, 1.165) is 24.0 Å². The number of nitrogens with zero attached hydrogens (tertiary/aromatic N) is 2. The number of carbonyl (C=O) groups excluding carboxylic acids is 1. The zero-order chi connectivity index (χ0) is 16.9. The molecule has 0 radical (unpaired) electrons. The van der Waals surface area contributed by atoms with Gasteiger partial charge in [-0.15, -0.1) is 0 Å². The number of carbonyl (C=O) groups is 1. The Morgan fingerprint density at radius 3 is 2.96 bits per heavy atom. The van der Waals surface area contributed by atoms with Gasteiger partial charge in [-0.1, -0.05) is 23.7 Å². The highest BCUT2D eigenvalue weighted by atomic mass is 35.5. The van der Waals surface area contributed by atoms with Crippen molar-refractivity contribution in [2.45, 2.75) is 13.0 Å². The molecule has 3 aromatic rings. The third kappa shape index (κ3) is 3.51. The minimum atomic E-state index is -0.190. The number of para-hydroxylation sites is 2. The molecule has 1 heterocycles. The summed E-state index contributed by atoms with van der Waals surface area (Å²) in [6.07, 6.45) is 2.63. The van der Waals surface area contributed by atoms with Gasteiger partial charge in [-0.2, -0.15) is 0 Å². The molecule has 5 nitrogen and oxygen atoms in total. The van der Waals surface area contributed by atoms with Crippen molar-refractivity contribution in [1.82, 2.24) is 14.9 Å². The first-order valence-corrected chi connectivity index (χ1v) is 8.08. The van der Waals surface area contributed by atoms with Crippen molar-refractivity contribution in [2.24, 2.45) is 0 Å². The van der Waals surface area contributed by atoms with Crippen LogP contribution in [0.5, 0.6) is 5.75 Å². The summed E-state index contributed by atoms with van der Waals surface area (Å²) in [5, 5.41) is 3.41. The molecule has 1 aromatic heterocycles. The van der Waals surface area contributed by atoms with Crippen molar-refractivity contribution in [3.63, 3.8) is 0 Å². The lowest BCUT2D eigenvalue weighted by molar-refractivity contribution is 0.0949. The molecule has 1 amide bonds. The minimum Gasteiger partial charge on any atom is -0.496 e. The van der Waals surface area contributed by atoms with Crippen LogP contribution in [0.3, 0.4) is 0 Å². The Morgan fingerprint density at radius 2 is 2.12 bits per heavy atom. The molecule has 0 aliphatic rings. The number of ether oxygens (including phenoxy) is 1. The Labute approximate surface area is 145 Å². The van der Waals surface area contributed by atoms with E-state index in [1.807, 2.05) is 30.6 Å². The number of amides is 1. The highest BCUT2D eigenvalue weighted by Crippen LogP contribution is 2.22. The molecule has 3 rings (SSSR count). The zero-order valence-electron chi connectivity index (χ0n) is 13.3. The highest BCUT2D eigenvalue weighted by molar-refractivity contribution is 6.31. The molecule has 0 saturated heterocycles. The van der Waals surface area contributed by atoms with Crippen LogP contribution < -0.4 is 10.1 Å². The second kappa shape index (κ2) is 7.36. The van der Waals surface area contributed by atoms with E-state index in [-0.39, 0.29) is 5.91 Å². The average molecular weight is 344 g/mol. The topological polar surface area (TPSA) is 56.1 Å². The summed E-state index contributed by atoms with van der Waals surface area (Å²) in [7, 11) is 1.53. The third-order valence-corrected chi connectivity index (χ3v) is 4.03. The van der Waals surface area contributed by atoms with Crippen molar-refractivity contribution in [1.29, 1.82) is 0 Å². The lowest BCUT2D eigenvalue weighted by Gasteiger charge is -2.10. The van der Waals surface area contributed by atoms with Crippen LogP contribution in [0.25, 0.3) is 11.0 Å². The van der Waals surface area contributed by atoms with Crippen LogP contribution in [0.2, 0.25) is 5.02 Å². The largest absolute Gasteiger partial charge is 0.496 e. The Balaban J connectivity index is 1.57. The molecule has 0 atom stereocenters.